The Morgan fingerprint density at radius 1 is 1.33 bits per heavy atom. The Hall–Kier alpha value is -2.07. The van der Waals surface area contributed by atoms with Gasteiger partial charge in [0.2, 0.25) is 0 Å². The maximum Gasteiger partial charge on any atom is 0.143 e. The zero-order chi connectivity index (χ0) is 12.9. The monoisotopic (exact) mass is 241 g/mol. The molecule has 0 amide bonds. The molecule has 0 saturated heterocycles. The first-order valence-corrected chi connectivity index (χ1v) is 5.88. The van der Waals surface area contributed by atoms with E-state index < -0.39 is 0 Å². The predicted octanol–water partition coefficient (Wildman–Crippen LogP) is 2.11. The summed E-state index contributed by atoms with van der Waals surface area (Å²) in [5.74, 6) is 0. The molecule has 1 aromatic carbocycles. The molecule has 0 atom stereocenters. The molecule has 0 radical (unpaired) electrons. The second-order valence-electron chi connectivity index (χ2n) is 4.52. The molecule has 18 heavy (non-hydrogen) atoms. The molecular formula is C14H15N3O. The van der Waals surface area contributed by atoms with E-state index in [1.165, 1.54) is 0 Å². The number of aromatic nitrogens is 2. The SMILES string of the molecule is Cc1nc2c(c(N)c1CO)c1ccccc1n2C. The number of para-hydroxylation sites is 1. The van der Waals surface area contributed by atoms with Gasteiger partial charge < -0.3 is 15.4 Å². The number of anilines is 1. The van der Waals surface area contributed by atoms with E-state index in [2.05, 4.69) is 4.98 Å². The normalized spacial score (nSPS) is 11.5. The Balaban J connectivity index is 2.61. The third kappa shape index (κ3) is 1.26. The molecule has 0 saturated carbocycles. The van der Waals surface area contributed by atoms with Crippen LogP contribution in [0.1, 0.15) is 11.3 Å². The summed E-state index contributed by atoms with van der Waals surface area (Å²) in [5.41, 5.74) is 10.3. The van der Waals surface area contributed by atoms with Crippen LogP contribution in [-0.4, -0.2) is 14.7 Å². The fourth-order valence-electron chi connectivity index (χ4n) is 2.55. The van der Waals surface area contributed by atoms with E-state index in [0.717, 1.165) is 33.2 Å². The summed E-state index contributed by atoms with van der Waals surface area (Å²) in [6.45, 7) is 1.79. The molecule has 0 fully saturated rings. The first-order chi connectivity index (χ1) is 8.65. The lowest BCUT2D eigenvalue weighted by molar-refractivity contribution is 0.281. The van der Waals surface area contributed by atoms with Gasteiger partial charge in [-0.25, -0.2) is 4.98 Å². The van der Waals surface area contributed by atoms with Gasteiger partial charge in [0.15, 0.2) is 0 Å². The number of nitrogen functional groups attached to an aromatic ring is 1. The standard InChI is InChI=1S/C14H15N3O/c1-8-10(7-18)13(15)12-9-5-3-4-6-11(9)17(2)14(12)16-8/h3-6,18H,7H2,1-2H3,(H2,15,16). The summed E-state index contributed by atoms with van der Waals surface area (Å²) < 4.78 is 2.04. The number of nitrogens with zero attached hydrogens (tertiary/aromatic N) is 2. The molecule has 0 aliphatic carbocycles. The molecule has 0 unspecified atom stereocenters. The molecule has 0 bridgehead atoms. The van der Waals surface area contributed by atoms with Crippen LogP contribution in [0.3, 0.4) is 0 Å². The molecule has 4 nitrogen and oxygen atoms in total. The summed E-state index contributed by atoms with van der Waals surface area (Å²) in [6, 6.07) is 8.06. The highest BCUT2D eigenvalue weighted by atomic mass is 16.3. The second-order valence-corrected chi connectivity index (χ2v) is 4.52. The smallest absolute Gasteiger partial charge is 0.143 e. The van der Waals surface area contributed by atoms with Gasteiger partial charge in [-0.1, -0.05) is 18.2 Å². The van der Waals surface area contributed by atoms with Crippen molar-refractivity contribution in [3.63, 3.8) is 0 Å². The molecule has 2 heterocycles. The fraction of sp³-hybridized carbons (Fsp3) is 0.214. The van der Waals surface area contributed by atoms with Crippen LogP contribution in [0.2, 0.25) is 0 Å². The number of rotatable bonds is 1. The number of hydrogen-bond donors (Lipinski definition) is 2. The number of benzene rings is 1. The van der Waals surface area contributed by atoms with Gasteiger partial charge in [0.25, 0.3) is 0 Å². The van der Waals surface area contributed by atoms with Crippen LogP contribution >= 0.6 is 0 Å². The average Bonchev–Trinajstić information content (AvgIpc) is 2.64. The molecule has 3 N–H and O–H groups in total. The van der Waals surface area contributed by atoms with Gasteiger partial charge in [0.1, 0.15) is 5.65 Å². The van der Waals surface area contributed by atoms with Gasteiger partial charge in [-0.15, -0.1) is 0 Å². The minimum Gasteiger partial charge on any atom is -0.398 e. The van der Waals surface area contributed by atoms with E-state index in [0.29, 0.717) is 5.69 Å². The summed E-state index contributed by atoms with van der Waals surface area (Å²) in [6.07, 6.45) is 0. The van der Waals surface area contributed by atoms with Crippen molar-refractivity contribution >= 4 is 27.6 Å². The molecule has 92 valence electrons. The first kappa shape index (κ1) is 11.0. The third-order valence-electron chi connectivity index (χ3n) is 3.54. The van der Waals surface area contributed by atoms with Crippen LogP contribution in [0.4, 0.5) is 5.69 Å². The number of nitrogens with two attached hydrogens (primary N) is 1. The Morgan fingerprint density at radius 3 is 2.78 bits per heavy atom. The van der Waals surface area contributed by atoms with E-state index >= 15 is 0 Å². The van der Waals surface area contributed by atoms with Crippen LogP contribution in [0.25, 0.3) is 21.9 Å². The van der Waals surface area contributed by atoms with Crippen LogP contribution in [0, 0.1) is 6.92 Å². The molecular weight excluding hydrogens is 226 g/mol. The van der Waals surface area contributed by atoms with Gasteiger partial charge in [0, 0.05) is 23.7 Å². The summed E-state index contributed by atoms with van der Waals surface area (Å²) in [7, 11) is 1.98. The Labute approximate surface area is 105 Å². The van der Waals surface area contributed by atoms with Crippen molar-refractivity contribution in [3.8, 4) is 0 Å². The maximum absolute atomic E-state index is 9.41. The number of aliphatic hydroxyl groups is 1. The molecule has 0 spiro atoms. The lowest BCUT2D eigenvalue weighted by atomic mass is 10.1. The number of fused-ring (bicyclic) bond motifs is 3. The van der Waals surface area contributed by atoms with Gasteiger partial charge in [-0.2, -0.15) is 0 Å². The zero-order valence-electron chi connectivity index (χ0n) is 10.4. The summed E-state index contributed by atoms with van der Waals surface area (Å²) in [4.78, 5) is 4.57. The van der Waals surface area contributed by atoms with Crippen molar-refractivity contribution < 1.29 is 5.11 Å². The topological polar surface area (TPSA) is 64.1 Å². The quantitative estimate of drug-likeness (QED) is 0.685. The van der Waals surface area contributed by atoms with Crippen molar-refractivity contribution in [1.82, 2.24) is 9.55 Å². The van der Waals surface area contributed by atoms with Crippen LogP contribution in [-0.2, 0) is 13.7 Å². The number of hydrogen-bond acceptors (Lipinski definition) is 3. The highest BCUT2D eigenvalue weighted by Gasteiger charge is 2.16. The Kier molecular flexibility index (Phi) is 2.28. The molecule has 3 aromatic rings. The average molecular weight is 241 g/mol. The zero-order valence-corrected chi connectivity index (χ0v) is 10.4. The number of aliphatic hydroxyl groups excluding tert-OH is 1. The van der Waals surface area contributed by atoms with E-state index in [9.17, 15) is 5.11 Å². The van der Waals surface area contributed by atoms with Crippen LogP contribution in [0.15, 0.2) is 24.3 Å². The molecule has 3 rings (SSSR count). The van der Waals surface area contributed by atoms with Crippen molar-refractivity contribution in [3.05, 3.63) is 35.5 Å². The van der Waals surface area contributed by atoms with E-state index in [1.54, 1.807) is 0 Å². The van der Waals surface area contributed by atoms with Crippen molar-refractivity contribution in [2.24, 2.45) is 7.05 Å². The minimum atomic E-state index is -0.0795. The van der Waals surface area contributed by atoms with Gasteiger partial charge in [0.05, 0.1) is 23.2 Å². The highest BCUT2D eigenvalue weighted by molar-refractivity contribution is 6.12. The van der Waals surface area contributed by atoms with Gasteiger partial charge in [-0.05, 0) is 13.0 Å². The Bertz CT molecular complexity index is 759. The van der Waals surface area contributed by atoms with Crippen LogP contribution in [0.5, 0.6) is 0 Å². The van der Waals surface area contributed by atoms with Crippen LogP contribution < -0.4 is 5.73 Å². The molecule has 0 aliphatic rings. The first-order valence-electron chi connectivity index (χ1n) is 5.88. The van der Waals surface area contributed by atoms with E-state index in [4.69, 9.17) is 5.73 Å². The van der Waals surface area contributed by atoms with Gasteiger partial charge in [-0.3, -0.25) is 0 Å². The summed E-state index contributed by atoms with van der Waals surface area (Å²) in [5, 5.41) is 11.4. The van der Waals surface area contributed by atoms with Crippen molar-refractivity contribution in [2.75, 3.05) is 5.73 Å². The highest BCUT2D eigenvalue weighted by Crippen LogP contribution is 2.33. The van der Waals surface area contributed by atoms with Gasteiger partial charge >= 0.3 is 0 Å². The Morgan fingerprint density at radius 2 is 2.06 bits per heavy atom. The third-order valence-corrected chi connectivity index (χ3v) is 3.54. The largest absolute Gasteiger partial charge is 0.398 e. The predicted molar refractivity (Wildman–Crippen MR) is 73.3 cm³/mol. The van der Waals surface area contributed by atoms with E-state index in [-0.39, 0.29) is 6.61 Å². The lowest BCUT2D eigenvalue weighted by Crippen LogP contribution is -2.02. The fourth-order valence-corrected chi connectivity index (χ4v) is 2.55. The minimum absolute atomic E-state index is 0.0795. The second kappa shape index (κ2) is 3.71. The number of aryl methyl sites for hydroxylation is 2. The van der Waals surface area contributed by atoms with Crippen molar-refractivity contribution in [2.45, 2.75) is 13.5 Å². The maximum atomic E-state index is 9.41. The summed E-state index contributed by atoms with van der Waals surface area (Å²) >= 11 is 0. The molecule has 4 heteroatoms. The van der Waals surface area contributed by atoms with E-state index in [1.807, 2.05) is 42.8 Å². The molecule has 2 aromatic heterocycles. The number of pyridine rings is 1. The lowest BCUT2D eigenvalue weighted by Gasteiger charge is -2.08. The van der Waals surface area contributed by atoms with Crippen molar-refractivity contribution in [1.29, 1.82) is 0 Å². The molecule has 0 aliphatic heterocycles.